The van der Waals surface area contributed by atoms with Gasteiger partial charge in [-0.15, -0.1) is 0 Å². The number of halogens is 1. The molecular weight excluding hydrogens is 334 g/mol. The topological polar surface area (TPSA) is 53.7 Å². The molecule has 0 saturated carbocycles. The summed E-state index contributed by atoms with van der Waals surface area (Å²) in [7, 11) is 0. The predicted octanol–water partition coefficient (Wildman–Crippen LogP) is 4.46. The molecule has 0 amide bonds. The number of benzene rings is 1. The van der Waals surface area contributed by atoms with Gasteiger partial charge in [0.05, 0.1) is 10.6 Å². The maximum Gasteiger partial charge on any atom is 0.337 e. The number of piperidine rings is 1. The number of carboxylic acids is 1. The van der Waals surface area contributed by atoms with Crippen molar-refractivity contribution in [3.05, 3.63) is 46.7 Å². The molecular formula is C17H16ClNO3S. The monoisotopic (exact) mass is 349 g/mol. The zero-order chi connectivity index (χ0) is 16.4. The largest absolute Gasteiger partial charge is 0.478 e. The number of hydrogen-bond donors (Lipinski definition) is 1. The van der Waals surface area contributed by atoms with Gasteiger partial charge in [-0.25, -0.2) is 4.79 Å². The zero-order valence-corrected chi connectivity index (χ0v) is 14.0. The lowest BCUT2D eigenvalue weighted by atomic mass is 10.1. The Kier molecular flexibility index (Phi) is 4.68. The van der Waals surface area contributed by atoms with Crippen molar-refractivity contribution < 1.29 is 14.3 Å². The average Bonchev–Trinajstić information content (AvgIpc) is 3.05. The quantitative estimate of drug-likeness (QED) is 0.829. The number of carbonyl (C=O) groups is 1. The molecule has 1 aliphatic rings. The van der Waals surface area contributed by atoms with Gasteiger partial charge in [-0.05, 0) is 49.6 Å². The molecule has 2 heterocycles. The highest BCUT2D eigenvalue weighted by Gasteiger charge is 2.18. The first-order valence-corrected chi connectivity index (χ1v) is 8.27. The van der Waals surface area contributed by atoms with Gasteiger partial charge in [0, 0.05) is 18.7 Å². The van der Waals surface area contributed by atoms with Crippen LogP contribution in [-0.2, 0) is 0 Å². The molecule has 1 saturated heterocycles. The van der Waals surface area contributed by atoms with E-state index in [0.717, 1.165) is 25.9 Å². The van der Waals surface area contributed by atoms with Gasteiger partial charge in [-0.1, -0.05) is 23.8 Å². The molecule has 1 aromatic carbocycles. The van der Waals surface area contributed by atoms with Crippen LogP contribution in [0.4, 0.5) is 0 Å². The molecule has 2 aromatic rings. The highest BCUT2D eigenvalue weighted by Crippen LogP contribution is 2.28. The van der Waals surface area contributed by atoms with E-state index >= 15 is 0 Å². The molecule has 23 heavy (non-hydrogen) atoms. The van der Waals surface area contributed by atoms with E-state index in [1.54, 1.807) is 18.2 Å². The molecule has 0 unspecified atom stereocenters. The Hall–Kier alpha value is -1.85. The summed E-state index contributed by atoms with van der Waals surface area (Å²) in [6.45, 7) is 1.91. The van der Waals surface area contributed by atoms with Crippen LogP contribution in [0.5, 0.6) is 0 Å². The van der Waals surface area contributed by atoms with Crippen molar-refractivity contribution in [1.82, 2.24) is 4.90 Å². The van der Waals surface area contributed by atoms with Crippen LogP contribution in [0.25, 0.3) is 11.3 Å². The van der Waals surface area contributed by atoms with E-state index in [4.69, 9.17) is 33.3 Å². The Labute approximate surface area is 144 Å². The van der Waals surface area contributed by atoms with E-state index in [2.05, 4.69) is 4.90 Å². The molecule has 0 atom stereocenters. The number of hydrogen-bond acceptors (Lipinski definition) is 3. The van der Waals surface area contributed by atoms with Crippen LogP contribution >= 0.6 is 23.8 Å². The number of aromatic carboxylic acids is 1. The summed E-state index contributed by atoms with van der Waals surface area (Å²) >= 11 is 11.4. The summed E-state index contributed by atoms with van der Waals surface area (Å²) in [5.41, 5.74) is 0.722. The first kappa shape index (κ1) is 16.0. The van der Waals surface area contributed by atoms with Crippen LogP contribution in [0.3, 0.4) is 0 Å². The summed E-state index contributed by atoms with van der Waals surface area (Å²) in [5, 5.41) is 9.36. The maximum absolute atomic E-state index is 11.2. The first-order valence-electron chi connectivity index (χ1n) is 7.48. The third kappa shape index (κ3) is 3.41. The molecule has 120 valence electrons. The number of carboxylic acid groups (broad SMARTS) is 1. The van der Waals surface area contributed by atoms with Gasteiger partial charge in [0.15, 0.2) is 5.76 Å². The number of rotatable bonds is 3. The van der Waals surface area contributed by atoms with Crippen molar-refractivity contribution in [3.8, 4) is 11.3 Å². The van der Waals surface area contributed by atoms with Crippen LogP contribution in [0.15, 0.2) is 34.7 Å². The molecule has 0 spiro atoms. The second-order valence-corrected chi connectivity index (χ2v) is 6.31. The van der Waals surface area contributed by atoms with Gasteiger partial charge >= 0.3 is 5.97 Å². The second kappa shape index (κ2) is 6.72. The smallest absolute Gasteiger partial charge is 0.337 e. The van der Waals surface area contributed by atoms with Crippen LogP contribution in [0, 0.1) is 0 Å². The third-order valence-corrected chi connectivity index (χ3v) is 4.73. The van der Waals surface area contributed by atoms with Crippen molar-refractivity contribution in [2.24, 2.45) is 0 Å². The zero-order valence-electron chi connectivity index (χ0n) is 12.4. The SMILES string of the molecule is O=C(O)c1cc(-c2ccc(C(=S)N3CCCCC3)o2)ccc1Cl. The number of likely N-dealkylation sites (tertiary alicyclic amines) is 1. The standard InChI is InChI=1S/C17H16ClNO3S/c18-13-5-4-11(10-12(13)17(20)21)14-6-7-15(22-14)16(23)19-8-2-1-3-9-19/h4-7,10H,1-3,8-9H2,(H,20,21). The van der Waals surface area contributed by atoms with Crippen molar-refractivity contribution in [1.29, 1.82) is 0 Å². The summed E-state index contributed by atoms with van der Waals surface area (Å²) in [5.74, 6) is 0.162. The molecule has 6 heteroatoms. The number of nitrogens with zero attached hydrogens (tertiary/aromatic N) is 1. The van der Waals surface area contributed by atoms with Crippen molar-refractivity contribution in [2.75, 3.05) is 13.1 Å². The van der Waals surface area contributed by atoms with Crippen LogP contribution < -0.4 is 0 Å². The molecule has 1 fully saturated rings. The molecule has 0 aliphatic carbocycles. The Morgan fingerprint density at radius 3 is 2.61 bits per heavy atom. The fourth-order valence-electron chi connectivity index (χ4n) is 2.70. The molecule has 0 radical (unpaired) electrons. The van der Waals surface area contributed by atoms with E-state index < -0.39 is 5.97 Å². The molecule has 3 rings (SSSR count). The molecule has 0 bridgehead atoms. The summed E-state index contributed by atoms with van der Waals surface area (Å²) in [6, 6.07) is 8.45. The molecule has 1 aromatic heterocycles. The average molecular weight is 350 g/mol. The summed E-state index contributed by atoms with van der Waals surface area (Å²) in [6.07, 6.45) is 3.53. The minimum absolute atomic E-state index is 0.0562. The first-order chi connectivity index (χ1) is 11.1. The fraction of sp³-hybridized carbons (Fsp3) is 0.294. The fourth-order valence-corrected chi connectivity index (χ4v) is 3.19. The van der Waals surface area contributed by atoms with Gasteiger partial charge in [-0.2, -0.15) is 0 Å². The number of furan rings is 1. The minimum atomic E-state index is -1.06. The van der Waals surface area contributed by atoms with E-state index in [9.17, 15) is 4.79 Å². The van der Waals surface area contributed by atoms with Crippen LogP contribution in [-0.4, -0.2) is 34.1 Å². The maximum atomic E-state index is 11.2. The lowest BCUT2D eigenvalue weighted by Gasteiger charge is -2.27. The van der Waals surface area contributed by atoms with Crippen LogP contribution in [0.2, 0.25) is 5.02 Å². The van der Waals surface area contributed by atoms with Crippen LogP contribution in [0.1, 0.15) is 35.4 Å². The summed E-state index contributed by atoms with van der Waals surface area (Å²) in [4.78, 5) is 14.1. The van der Waals surface area contributed by atoms with E-state index in [-0.39, 0.29) is 10.6 Å². The third-order valence-electron chi connectivity index (χ3n) is 3.94. The Balaban J connectivity index is 1.85. The highest BCUT2D eigenvalue weighted by atomic mass is 35.5. The van der Waals surface area contributed by atoms with Gasteiger partial charge in [0.25, 0.3) is 0 Å². The summed E-state index contributed by atoms with van der Waals surface area (Å²) < 4.78 is 5.84. The van der Waals surface area contributed by atoms with E-state index in [1.807, 2.05) is 6.07 Å². The van der Waals surface area contributed by atoms with Gasteiger partial charge < -0.3 is 14.4 Å². The predicted molar refractivity (Wildman–Crippen MR) is 93.2 cm³/mol. The normalized spacial score (nSPS) is 14.7. The van der Waals surface area contributed by atoms with E-state index in [1.165, 1.54) is 12.5 Å². The lowest BCUT2D eigenvalue weighted by molar-refractivity contribution is 0.0697. The van der Waals surface area contributed by atoms with Gasteiger partial charge in [0.2, 0.25) is 0 Å². The second-order valence-electron chi connectivity index (χ2n) is 5.52. The lowest BCUT2D eigenvalue weighted by Crippen LogP contribution is -2.34. The van der Waals surface area contributed by atoms with Gasteiger partial charge in [0.1, 0.15) is 10.7 Å². The number of thiocarbonyl (C=S) groups is 1. The highest BCUT2D eigenvalue weighted by molar-refractivity contribution is 7.80. The van der Waals surface area contributed by atoms with Crippen molar-refractivity contribution >= 4 is 34.8 Å². The molecule has 1 aliphatic heterocycles. The Bertz CT molecular complexity index is 750. The van der Waals surface area contributed by atoms with Crippen molar-refractivity contribution in [2.45, 2.75) is 19.3 Å². The molecule has 4 nitrogen and oxygen atoms in total. The minimum Gasteiger partial charge on any atom is -0.478 e. The van der Waals surface area contributed by atoms with Gasteiger partial charge in [-0.3, -0.25) is 0 Å². The Morgan fingerprint density at radius 1 is 1.17 bits per heavy atom. The van der Waals surface area contributed by atoms with E-state index in [0.29, 0.717) is 22.1 Å². The van der Waals surface area contributed by atoms with Crippen molar-refractivity contribution in [3.63, 3.8) is 0 Å². The molecule has 1 N–H and O–H groups in total. The Morgan fingerprint density at radius 2 is 1.91 bits per heavy atom.